The number of fused-ring (bicyclic) bond motifs is 1. The molecule has 2 aromatic rings. The summed E-state index contributed by atoms with van der Waals surface area (Å²) >= 11 is 1.38. The number of nitrogens with one attached hydrogen (secondary N) is 1. The Labute approximate surface area is 268 Å². The summed E-state index contributed by atoms with van der Waals surface area (Å²) in [5.74, 6) is -0.875. The first-order valence-corrected chi connectivity index (χ1v) is 16.2. The highest BCUT2D eigenvalue weighted by atomic mass is 32.1. The minimum atomic E-state index is -0.835. The molecule has 45 heavy (non-hydrogen) atoms. The number of carbonyl (C=O) groups is 4. The van der Waals surface area contributed by atoms with E-state index in [4.69, 9.17) is 14.2 Å². The van der Waals surface area contributed by atoms with Crippen molar-refractivity contribution in [3.63, 3.8) is 0 Å². The number of esters is 1. The van der Waals surface area contributed by atoms with Gasteiger partial charge in [-0.25, -0.2) is 9.59 Å². The van der Waals surface area contributed by atoms with Gasteiger partial charge in [0.2, 0.25) is 5.91 Å². The van der Waals surface area contributed by atoms with Gasteiger partial charge in [0.25, 0.3) is 5.91 Å². The Morgan fingerprint density at radius 1 is 0.956 bits per heavy atom. The summed E-state index contributed by atoms with van der Waals surface area (Å²) < 4.78 is 16.6. The lowest BCUT2D eigenvalue weighted by Crippen LogP contribution is -2.52. The van der Waals surface area contributed by atoms with Crippen molar-refractivity contribution < 1.29 is 38.5 Å². The number of rotatable bonds is 8. The van der Waals surface area contributed by atoms with Crippen LogP contribution in [0.2, 0.25) is 0 Å². The molecular weight excluding hydrogens is 598 g/mol. The molecule has 2 aliphatic rings. The van der Waals surface area contributed by atoms with Crippen molar-refractivity contribution in [2.75, 3.05) is 26.2 Å². The number of phenols is 1. The smallest absolute Gasteiger partial charge is 0.410 e. The number of aromatic hydroxyl groups is 1. The number of ether oxygens (including phenoxy) is 3. The minimum Gasteiger partial charge on any atom is -0.508 e. The molecule has 0 spiro atoms. The minimum absolute atomic E-state index is 0.115. The third kappa shape index (κ3) is 10.2. The van der Waals surface area contributed by atoms with Crippen molar-refractivity contribution in [1.29, 1.82) is 0 Å². The highest BCUT2D eigenvalue weighted by Gasteiger charge is 2.32. The van der Waals surface area contributed by atoms with Crippen LogP contribution in [0.15, 0.2) is 30.3 Å². The molecule has 0 bridgehead atoms. The summed E-state index contributed by atoms with van der Waals surface area (Å²) in [5.41, 5.74) is 0.506. The summed E-state index contributed by atoms with van der Waals surface area (Å²) in [6.45, 7) is 12.4. The molecule has 2 N–H and O–H groups in total. The first-order valence-electron chi connectivity index (χ1n) is 15.4. The number of benzene rings is 1. The van der Waals surface area contributed by atoms with Gasteiger partial charge in [-0.1, -0.05) is 12.1 Å². The van der Waals surface area contributed by atoms with Crippen molar-refractivity contribution in [2.24, 2.45) is 0 Å². The van der Waals surface area contributed by atoms with Crippen LogP contribution in [0.25, 0.3) is 0 Å². The molecule has 12 heteroatoms. The Hall–Kier alpha value is -3.64. The Balaban J connectivity index is 1.40. The molecule has 0 unspecified atom stereocenters. The first-order chi connectivity index (χ1) is 21.1. The van der Waals surface area contributed by atoms with Crippen LogP contribution in [-0.2, 0) is 43.2 Å². The van der Waals surface area contributed by atoms with Gasteiger partial charge in [0.05, 0.1) is 17.5 Å². The molecule has 0 saturated carbocycles. The van der Waals surface area contributed by atoms with Crippen molar-refractivity contribution in [3.8, 4) is 5.75 Å². The van der Waals surface area contributed by atoms with Gasteiger partial charge in [-0.2, -0.15) is 0 Å². The van der Waals surface area contributed by atoms with Crippen molar-refractivity contribution >= 4 is 35.2 Å². The number of piperidine rings is 1. The zero-order chi connectivity index (χ0) is 32.9. The fraction of sp³-hybridized carbons (Fsp3) is 0.576. The van der Waals surface area contributed by atoms with E-state index in [9.17, 15) is 24.3 Å². The summed E-state index contributed by atoms with van der Waals surface area (Å²) in [7, 11) is 0. The lowest BCUT2D eigenvalue weighted by atomic mass is 10.0. The van der Waals surface area contributed by atoms with Crippen molar-refractivity contribution in [2.45, 2.75) is 97.1 Å². The molecule has 1 fully saturated rings. The lowest BCUT2D eigenvalue weighted by Gasteiger charge is -2.34. The number of hydrogen-bond donors (Lipinski definition) is 2. The largest absolute Gasteiger partial charge is 0.508 e. The van der Waals surface area contributed by atoms with Gasteiger partial charge >= 0.3 is 12.1 Å². The average molecular weight is 644 g/mol. The number of likely N-dealkylation sites (tertiary alicyclic amines) is 1. The third-order valence-electron chi connectivity index (χ3n) is 7.33. The molecule has 2 aliphatic heterocycles. The maximum absolute atomic E-state index is 13.8. The van der Waals surface area contributed by atoms with Crippen LogP contribution in [0, 0.1) is 0 Å². The van der Waals surface area contributed by atoms with Crippen LogP contribution < -0.4 is 5.32 Å². The molecule has 11 nitrogen and oxygen atoms in total. The molecule has 0 radical (unpaired) electrons. The molecule has 246 valence electrons. The van der Waals surface area contributed by atoms with E-state index in [1.54, 1.807) is 60.9 Å². The van der Waals surface area contributed by atoms with Gasteiger partial charge in [-0.05, 0) is 90.1 Å². The van der Waals surface area contributed by atoms with Gasteiger partial charge in [0, 0.05) is 30.9 Å². The summed E-state index contributed by atoms with van der Waals surface area (Å²) in [5, 5.41) is 12.7. The maximum Gasteiger partial charge on any atom is 0.410 e. The summed E-state index contributed by atoms with van der Waals surface area (Å²) in [6.07, 6.45) is 1.42. The second-order valence-corrected chi connectivity index (χ2v) is 14.7. The predicted octanol–water partition coefficient (Wildman–Crippen LogP) is 4.44. The second-order valence-electron chi connectivity index (χ2n) is 13.5. The zero-order valence-corrected chi connectivity index (χ0v) is 27.8. The van der Waals surface area contributed by atoms with Crippen LogP contribution in [-0.4, -0.2) is 88.4 Å². The van der Waals surface area contributed by atoms with Crippen molar-refractivity contribution in [1.82, 2.24) is 15.1 Å². The Bertz CT molecular complexity index is 1370. The van der Waals surface area contributed by atoms with E-state index in [1.807, 2.05) is 20.8 Å². The first kappa shape index (κ1) is 34.2. The Morgan fingerprint density at radius 2 is 1.60 bits per heavy atom. The fourth-order valence-electron chi connectivity index (χ4n) is 5.24. The fourth-order valence-corrected chi connectivity index (χ4v) is 6.31. The van der Waals surface area contributed by atoms with E-state index in [-0.39, 0.29) is 42.8 Å². The summed E-state index contributed by atoms with van der Waals surface area (Å²) in [6, 6.07) is 7.52. The second kappa shape index (κ2) is 14.2. The lowest BCUT2D eigenvalue weighted by molar-refractivity contribution is -0.163. The van der Waals surface area contributed by atoms with Gasteiger partial charge in [0.15, 0.2) is 0 Å². The molecule has 4 rings (SSSR count). The Kier molecular flexibility index (Phi) is 10.8. The van der Waals surface area contributed by atoms with Crippen LogP contribution in [0.3, 0.4) is 0 Å². The van der Waals surface area contributed by atoms with Gasteiger partial charge in [-0.3, -0.25) is 9.59 Å². The third-order valence-corrected chi connectivity index (χ3v) is 8.57. The molecule has 1 aromatic carbocycles. The van der Waals surface area contributed by atoms with E-state index in [1.165, 1.54) is 11.3 Å². The number of hydrogen-bond acceptors (Lipinski definition) is 9. The van der Waals surface area contributed by atoms with Gasteiger partial charge in [0.1, 0.15) is 29.6 Å². The van der Waals surface area contributed by atoms with E-state index in [2.05, 4.69) is 5.32 Å². The maximum atomic E-state index is 13.8. The quantitative estimate of drug-likeness (QED) is 0.404. The van der Waals surface area contributed by atoms with E-state index in [0.717, 1.165) is 16.0 Å². The predicted molar refractivity (Wildman–Crippen MR) is 169 cm³/mol. The molecule has 1 atom stereocenters. The molecule has 0 aliphatic carbocycles. The van der Waals surface area contributed by atoms with Crippen LogP contribution in [0.5, 0.6) is 5.75 Å². The topological polar surface area (TPSA) is 135 Å². The molecule has 3 heterocycles. The standard InChI is InChI=1S/C33H45N3O8S/c1-32(2,3)43-28(38)20-42-24-11-14-35(15-12-24)30(40)25(17-21-7-9-23(37)10-8-21)34-29(39)27-18-22-19-36(16-13-26(22)45-27)31(41)44-33(4,5)6/h7-10,18,24-25,37H,11-17,19-20H2,1-6H3,(H,34,39)/t25-/m0/s1. The number of thiophene rings is 1. The number of phenolic OH excluding ortho intramolecular Hbond substituents is 1. The molecule has 3 amide bonds. The van der Waals surface area contributed by atoms with Gasteiger partial charge in [-0.15, -0.1) is 11.3 Å². The van der Waals surface area contributed by atoms with Crippen LogP contribution in [0.4, 0.5) is 4.79 Å². The summed E-state index contributed by atoms with van der Waals surface area (Å²) in [4.78, 5) is 56.8. The Morgan fingerprint density at radius 3 is 2.22 bits per heavy atom. The van der Waals surface area contributed by atoms with Gasteiger partial charge < -0.3 is 34.4 Å². The number of nitrogens with zero attached hydrogens (tertiary/aromatic N) is 2. The highest BCUT2D eigenvalue weighted by Crippen LogP contribution is 2.29. The SMILES string of the molecule is CC(C)(C)OC(=O)COC1CCN(C(=O)[C@H](Cc2ccc(O)cc2)NC(=O)c2cc3c(s2)CCN(C(=O)OC(C)(C)C)C3)CC1. The number of amides is 3. The van der Waals surface area contributed by atoms with E-state index < -0.39 is 23.2 Å². The average Bonchev–Trinajstić information content (AvgIpc) is 3.39. The van der Waals surface area contributed by atoms with Crippen LogP contribution >= 0.6 is 11.3 Å². The monoisotopic (exact) mass is 643 g/mol. The molecule has 1 saturated heterocycles. The molecular formula is C33H45N3O8S. The van der Waals surface area contributed by atoms with E-state index in [0.29, 0.717) is 50.3 Å². The van der Waals surface area contributed by atoms with Crippen molar-refractivity contribution in [3.05, 3.63) is 51.2 Å². The normalized spacial score (nSPS) is 16.5. The molecule has 1 aromatic heterocycles. The zero-order valence-electron chi connectivity index (χ0n) is 27.0. The highest BCUT2D eigenvalue weighted by molar-refractivity contribution is 7.14. The number of carbonyl (C=O) groups excluding carboxylic acids is 4. The van der Waals surface area contributed by atoms with Crippen LogP contribution in [0.1, 0.15) is 80.1 Å². The van der Waals surface area contributed by atoms with E-state index >= 15 is 0 Å².